The lowest BCUT2D eigenvalue weighted by Gasteiger charge is -2.07. The Morgan fingerprint density at radius 1 is 1.06 bits per heavy atom. The van der Waals surface area contributed by atoms with E-state index in [4.69, 9.17) is 4.52 Å². The van der Waals surface area contributed by atoms with Crippen LogP contribution in [0.15, 0.2) is 45.1 Å². The van der Waals surface area contributed by atoms with Gasteiger partial charge in [-0.05, 0) is 55.5 Å². The van der Waals surface area contributed by atoms with Crippen LogP contribution in [0.25, 0.3) is 12.2 Å². The molecule has 0 aliphatic rings. The topological polar surface area (TPSA) is 130 Å². The van der Waals surface area contributed by atoms with Gasteiger partial charge in [0.15, 0.2) is 5.76 Å². The van der Waals surface area contributed by atoms with Crippen LogP contribution < -0.4 is 15.4 Å². The normalized spacial score (nSPS) is 11.5. The maximum atomic E-state index is 12.7. The Morgan fingerprint density at radius 3 is 2.41 bits per heavy atom. The van der Waals surface area contributed by atoms with E-state index in [1.807, 2.05) is 0 Å². The molecule has 11 heteroatoms. The Hall–Kier alpha value is -3.44. The van der Waals surface area contributed by atoms with Gasteiger partial charge in [0, 0.05) is 29.6 Å². The smallest absolute Gasteiger partial charge is 0.271 e. The Morgan fingerprint density at radius 2 is 1.75 bits per heavy atom. The summed E-state index contributed by atoms with van der Waals surface area (Å²) in [6, 6.07) is 9.52. The molecule has 3 rings (SSSR count). The number of aromatic nitrogens is 1. The van der Waals surface area contributed by atoms with Crippen molar-refractivity contribution in [2.24, 2.45) is 0 Å². The second-order valence-electron chi connectivity index (χ2n) is 6.76. The van der Waals surface area contributed by atoms with E-state index >= 15 is 0 Å². The first kappa shape index (κ1) is 23.2. The predicted molar refractivity (Wildman–Crippen MR) is 125 cm³/mol. The molecule has 0 unspecified atom stereocenters. The van der Waals surface area contributed by atoms with E-state index in [1.54, 1.807) is 56.3 Å². The van der Waals surface area contributed by atoms with Crippen LogP contribution in [-0.4, -0.2) is 25.4 Å². The summed E-state index contributed by atoms with van der Waals surface area (Å²) in [6.07, 6.45) is 3.64. The molecule has 9 nitrogen and oxygen atoms in total. The third-order valence-electron chi connectivity index (χ3n) is 4.20. The van der Waals surface area contributed by atoms with Crippen LogP contribution in [-0.2, 0) is 19.6 Å². The van der Waals surface area contributed by atoms with Crippen molar-refractivity contribution in [2.75, 3.05) is 15.4 Å². The van der Waals surface area contributed by atoms with Gasteiger partial charge in [-0.15, -0.1) is 11.3 Å². The molecule has 0 saturated heterocycles. The molecule has 2 amide bonds. The zero-order valence-corrected chi connectivity index (χ0v) is 19.3. The van der Waals surface area contributed by atoms with Crippen molar-refractivity contribution in [1.82, 2.24) is 5.16 Å². The number of sulfonamides is 1. The summed E-state index contributed by atoms with van der Waals surface area (Å²) >= 11 is 1.08. The summed E-state index contributed by atoms with van der Waals surface area (Å²) in [6.45, 7) is 4.86. The Kier molecular flexibility index (Phi) is 7.11. The van der Waals surface area contributed by atoms with Crippen molar-refractivity contribution >= 4 is 62.4 Å². The number of amides is 2. The molecule has 3 aromatic rings. The van der Waals surface area contributed by atoms with Crippen LogP contribution in [0.1, 0.15) is 36.6 Å². The molecule has 2 aromatic heterocycles. The highest BCUT2D eigenvalue weighted by Gasteiger charge is 2.17. The first-order chi connectivity index (χ1) is 15.2. The Balaban J connectivity index is 1.72. The minimum Gasteiger partial charge on any atom is -0.354 e. The largest absolute Gasteiger partial charge is 0.354 e. The molecule has 0 saturated carbocycles. The Labute approximate surface area is 189 Å². The van der Waals surface area contributed by atoms with E-state index in [1.165, 1.54) is 13.0 Å². The van der Waals surface area contributed by atoms with E-state index in [0.29, 0.717) is 39.8 Å². The molecule has 0 fully saturated rings. The summed E-state index contributed by atoms with van der Waals surface area (Å²) in [4.78, 5) is 23.5. The molecule has 0 bridgehead atoms. The van der Waals surface area contributed by atoms with Crippen molar-refractivity contribution in [3.05, 3.63) is 52.7 Å². The average Bonchev–Trinajstić information content (AvgIpc) is 3.35. The quantitative estimate of drug-likeness (QED) is 0.446. The number of thiophene rings is 1. The highest BCUT2D eigenvalue weighted by Crippen LogP contribution is 2.28. The third-order valence-corrected chi connectivity index (χ3v) is 7.12. The number of nitrogens with zero attached hydrogens (tertiary/aromatic N) is 1. The molecule has 2 heterocycles. The summed E-state index contributed by atoms with van der Waals surface area (Å²) < 4.78 is 33.3. The highest BCUT2D eigenvalue weighted by molar-refractivity contribution is 7.94. The molecule has 32 heavy (non-hydrogen) atoms. The minimum absolute atomic E-state index is 0.136. The molecule has 0 spiro atoms. The van der Waals surface area contributed by atoms with Crippen LogP contribution in [0, 0.1) is 6.92 Å². The number of aryl methyl sites for hydroxylation is 1. The van der Waals surface area contributed by atoms with Gasteiger partial charge in [-0.2, -0.15) is 0 Å². The molecule has 0 atom stereocenters. The predicted octanol–water partition coefficient (Wildman–Crippen LogP) is 4.32. The van der Waals surface area contributed by atoms with Crippen LogP contribution in [0.2, 0.25) is 0 Å². The lowest BCUT2D eigenvalue weighted by atomic mass is 10.2. The summed E-state index contributed by atoms with van der Waals surface area (Å²) in [5, 5.41) is 9.23. The van der Waals surface area contributed by atoms with E-state index in [2.05, 4.69) is 20.5 Å². The first-order valence-corrected chi connectivity index (χ1v) is 11.9. The number of hydrogen-bond acceptors (Lipinski definition) is 7. The number of carbonyl (C=O) groups excluding carboxylic acids is 2. The van der Waals surface area contributed by atoms with Crippen molar-refractivity contribution in [2.45, 2.75) is 31.4 Å². The Bertz CT molecular complexity index is 1260. The van der Waals surface area contributed by atoms with Crippen molar-refractivity contribution in [3.63, 3.8) is 0 Å². The van der Waals surface area contributed by atoms with Gasteiger partial charge in [0.25, 0.3) is 10.0 Å². The van der Waals surface area contributed by atoms with E-state index in [0.717, 1.165) is 11.3 Å². The zero-order valence-electron chi connectivity index (χ0n) is 17.6. The van der Waals surface area contributed by atoms with Gasteiger partial charge in [-0.1, -0.05) is 12.1 Å². The summed E-state index contributed by atoms with van der Waals surface area (Å²) in [5.74, 6) is 0.00369. The third kappa shape index (κ3) is 5.83. The monoisotopic (exact) mass is 474 g/mol. The molecule has 1 aromatic carbocycles. The first-order valence-electron chi connectivity index (χ1n) is 9.62. The highest BCUT2D eigenvalue weighted by atomic mass is 32.2. The van der Waals surface area contributed by atoms with Crippen molar-refractivity contribution < 1.29 is 22.5 Å². The fourth-order valence-electron chi connectivity index (χ4n) is 2.64. The lowest BCUT2D eigenvalue weighted by Crippen LogP contribution is -2.11. The summed E-state index contributed by atoms with van der Waals surface area (Å²) in [5.41, 5.74) is 1.98. The van der Waals surface area contributed by atoms with Gasteiger partial charge in [0.05, 0.1) is 0 Å². The number of carbonyl (C=O) groups is 2. The van der Waals surface area contributed by atoms with E-state index in [-0.39, 0.29) is 16.0 Å². The number of benzene rings is 1. The maximum absolute atomic E-state index is 12.7. The fraction of sp³-hybridized carbons (Fsp3) is 0.190. The van der Waals surface area contributed by atoms with Crippen molar-refractivity contribution in [3.8, 4) is 0 Å². The second-order valence-corrected chi connectivity index (χ2v) is 9.79. The number of anilines is 3. The maximum Gasteiger partial charge on any atom is 0.271 e. The van der Waals surface area contributed by atoms with Gasteiger partial charge in [-0.3, -0.25) is 14.3 Å². The SMILES string of the molecule is CCC(=O)Nc1c(C)noc1C=Cc1ccc(S(=O)(=O)Nc2ccc(NC(C)=O)cc2)s1. The zero-order chi connectivity index (χ0) is 23.3. The van der Waals surface area contributed by atoms with Gasteiger partial charge in [0.2, 0.25) is 11.8 Å². The van der Waals surface area contributed by atoms with Crippen LogP contribution in [0.5, 0.6) is 0 Å². The number of hydrogen-bond donors (Lipinski definition) is 3. The van der Waals surface area contributed by atoms with Crippen LogP contribution in [0.3, 0.4) is 0 Å². The van der Waals surface area contributed by atoms with Gasteiger partial charge < -0.3 is 15.2 Å². The number of nitrogens with one attached hydrogen (secondary N) is 3. The molecule has 0 radical (unpaired) electrons. The van der Waals surface area contributed by atoms with Crippen LogP contribution >= 0.6 is 11.3 Å². The lowest BCUT2D eigenvalue weighted by molar-refractivity contribution is -0.116. The fourth-order valence-corrected chi connectivity index (χ4v) is 4.92. The van der Waals surface area contributed by atoms with Gasteiger partial charge >= 0.3 is 0 Å². The van der Waals surface area contributed by atoms with Gasteiger partial charge in [-0.25, -0.2) is 8.42 Å². The van der Waals surface area contributed by atoms with E-state index < -0.39 is 10.0 Å². The van der Waals surface area contributed by atoms with E-state index in [9.17, 15) is 18.0 Å². The van der Waals surface area contributed by atoms with Crippen molar-refractivity contribution in [1.29, 1.82) is 0 Å². The molecular formula is C21H22N4O5S2. The van der Waals surface area contributed by atoms with Gasteiger partial charge in [0.1, 0.15) is 15.6 Å². The van der Waals surface area contributed by atoms with Crippen LogP contribution in [0.4, 0.5) is 17.1 Å². The molecule has 168 valence electrons. The molecule has 0 aliphatic carbocycles. The average molecular weight is 475 g/mol. The minimum atomic E-state index is -3.78. The molecule has 0 aliphatic heterocycles. The standard InChI is InChI=1S/C21H22N4O5S2/c1-4-19(27)23-21-13(2)24-30-18(21)11-9-17-10-12-20(31-17)32(28,29)25-16-7-5-15(6-8-16)22-14(3)26/h5-12,25H,4H2,1-3H3,(H,22,26)(H,23,27). The second kappa shape index (κ2) is 9.79. The molecular weight excluding hydrogens is 452 g/mol. The number of rotatable bonds is 8. The summed E-state index contributed by atoms with van der Waals surface area (Å²) in [7, 11) is -3.78. The molecule has 3 N–H and O–H groups in total.